The summed E-state index contributed by atoms with van der Waals surface area (Å²) in [7, 11) is 1.68. The van der Waals surface area contributed by atoms with Crippen molar-refractivity contribution in [3.8, 4) is 5.75 Å². The summed E-state index contributed by atoms with van der Waals surface area (Å²) < 4.78 is 5.46. The van der Waals surface area contributed by atoms with E-state index in [4.69, 9.17) is 4.74 Å². The smallest absolute Gasteiger partial charge is 0.170 e. The highest BCUT2D eigenvalue weighted by molar-refractivity contribution is 6.00. The maximum absolute atomic E-state index is 13.7. The number of rotatable bonds is 4. The molecule has 3 atom stereocenters. The van der Waals surface area contributed by atoms with Crippen molar-refractivity contribution in [2.75, 3.05) is 7.11 Å². The Morgan fingerprint density at radius 3 is 2.58 bits per heavy atom. The van der Waals surface area contributed by atoms with Crippen LogP contribution in [0.2, 0.25) is 0 Å². The van der Waals surface area contributed by atoms with Crippen LogP contribution in [0.4, 0.5) is 0 Å². The minimum Gasteiger partial charge on any atom is -0.497 e. The van der Waals surface area contributed by atoms with E-state index in [0.717, 1.165) is 36.1 Å². The molecule has 2 nitrogen and oxygen atoms in total. The monoisotopic (exact) mass is 354 g/mol. The number of benzene rings is 1. The highest BCUT2D eigenvalue weighted by Gasteiger charge is 2.54. The third-order valence-electron chi connectivity index (χ3n) is 7.22. The fourth-order valence-corrected chi connectivity index (χ4v) is 5.84. The molecule has 1 fully saturated rings. The molecule has 0 aliphatic heterocycles. The Balaban J connectivity index is 2.05. The first kappa shape index (κ1) is 19.2. The van der Waals surface area contributed by atoms with E-state index in [2.05, 4.69) is 46.8 Å². The molecule has 2 aliphatic carbocycles. The van der Waals surface area contributed by atoms with Gasteiger partial charge in [0, 0.05) is 11.5 Å². The molecule has 0 heterocycles. The van der Waals surface area contributed by atoms with E-state index in [0.29, 0.717) is 11.3 Å². The fourth-order valence-electron chi connectivity index (χ4n) is 5.84. The van der Waals surface area contributed by atoms with Crippen molar-refractivity contribution in [1.29, 1.82) is 0 Å². The molecule has 1 aromatic rings. The van der Waals surface area contributed by atoms with Crippen molar-refractivity contribution >= 4 is 5.78 Å². The summed E-state index contributed by atoms with van der Waals surface area (Å²) in [6.45, 7) is 11.4. The molecule has 0 aromatic heterocycles. The predicted molar refractivity (Wildman–Crippen MR) is 108 cm³/mol. The molecule has 0 saturated heterocycles. The van der Waals surface area contributed by atoms with Gasteiger partial charge in [-0.05, 0) is 73.1 Å². The highest BCUT2D eigenvalue weighted by atomic mass is 16.5. The van der Waals surface area contributed by atoms with E-state index in [9.17, 15) is 4.79 Å². The largest absolute Gasteiger partial charge is 0.497 e. The first-order valence-electron chi connectivity index (χ1n) is 10.1. The van der Waals surface area contributed by atoms with Crippen LogP contribution < -0.4 is 4.74 Å². The van der Waals surface area contributed by atoms with Gasteiger partial charge >= 0.3 is 0 Å². The van der Waals surface area contributed by atoms with Gasteiger partial charge in [0.25, 0.3) is 0 Å². The third-order valence-corrected chi connectivity index (χ3v) is 7.22. The first-order chi connectivity index (χ1) is 12.2. The number of hydrogen-bond acceptors (Lipinski definition) is 2. The average molecular weight is 355 g/mol. The van der Waals surface area contributed by atoms with Crippen LogP contribution in [-0.4, -0.2) is 12.9 Å². The van der Waals surface area contributed by atoms with Crippen molar-refractivity contribution in [3.05, 3.63) is 41.0 Å². The number of methoxy groups -OCH3 is 1. The molecule has 1 aromatic carbocycles. The number of Topliss-reactive ketones (excluding diaryl/α,β-unsaturated/α-hetero) is 1. The molecular weight excluding hydrogens is 320 g/mol. The second-order valence-electron chi connectivity index (χ2n) is 9.30. The molecule has 0 spiro atoms. The van der Waals surface area contributed by atoms with Crippen LogP contribution in [-0.2, 0) is 6.42 Å². The number of ketones is 1. The van der Waals surface area contributed by atoms with E-state index in [1.54, 1.807) is 7.11 Å². The second-order valence-corrected chi connectivity index (χ2v) is 9.30. The van der Waals surface area contributed by atoms with Gasteiger partial charge in [-0.15, -0.1) is 0 Å². The van der Waals surface area contributed by atoms with Gasteiger partial charge in [0.05, 0.1) is 7.11 Å². The Morgan fingerprint density at radius 2 is 1.92 bits per heavy atom. The Morgan fingerprint density at radius 1 is 1.19 bits per heavy atom. The lowest BCUT2D eigenvalue weighted by Gasteiger charge is -2.56. The average Bonchev–Trinajstić information content (AvgIpc) is 2.59. The highest BCUT2D eigenvalue weighted by Crippen LogP contribution is 2.60. The van der Waals surface area contributed by atoms with E-state index in [-0.39, 0.29) is 17.1 Å². The van der Waals surface area contributed by atoms with E-state index < -0.39 is 0 Å². The molecule has 0 bridgehead atoms. The Bertz CT molecular complexity index is 705. The number of carbonyl (C=O) groups is 1. The molecule has 142 valence electrons. The zero-order valence-corrected chi connectivity index (χ0v) is 17.3. The minimum absolute atomic E-state index is 0.0161. The lowest BCUT2D eigenvalue weighted by Crippen LogP contribution is -2.50. The van der Waals surface area contributed by atoms with Crippen LogP contribution in [0.15, 0.2) is 29.8 Å². The normalized spacial score (nSPS) is 30.3. The minimum atomic E-state index is -0.0161. The summed E-state index contributed by atoms with van der Waals surface area (Å²) in [5.74, 6) is 1.61. The number of hydrogen-bond donors (Lipinski definition) is 0. The van der Waals surface area contributed by atoms with Gasteiger partial charge in [0.15, 0.2) is 5.78 Å². The Labute approximate surface area is 159 Å². The zero-order chi connectivity index (χ0) is 19.1. The lowest BCUT2D eigenvalue weighted by molar-refractivity contribution is -0.0294. The predicted octanol–water partition coefficient (Wildman–Crippen LogP) is 6.24. The van der Waals surface area contributed by atoms with Crippen molar-refractivity contribution in [2.45, 2.75) is 66.7 Å². The standard InChI is InChI=1S/C24H34O2/c1-7-17-13-18(15-19(14-17)26-6)22(25)21-16(2)9-10-20-23(3,4)11-8-12-24(20,21)5/h9,13-15,20-21H,7-8,10-12H2,1-6H3/t20-,21+,24-/m0/s1. The molecule has 0 amide bonds. The number of ether oxygens (including phenoxy) is 1. The maximum Gasteiger partial charge on any atom is 0.170 e. The van der Waals surface area contributed by atoms with Crippen LogP contribution in [0.5, 0.6) is 5.75 Å². The summed E-state index contributed by atoms with van der Waals surface area (Å²) in [6, 6.07) is 6.03. The van der Waals surface area contributed by atoms with Gasteiger partial charge in [0.1, 0.15) is 5.75 Å². The zero-order valence-electron chi connectivity index (χ0n) is 17.3. The fraction of sp³-hybridized carbons (Fsp3) is 0.625. The summed E-state index contributed by atoms with van der Waals surface area (Å²) in [5.41, 5.74) is 3.58. The van der Waals surface area contributed by atoms with Crippen LogP contribution in [0, 0.1) is 22.7 Å². The van der Waals surface area contributed by atoms with Gasteiger partial charge < -0.3 is 4.74 Å². The third kappa shape index (κ3) is 3.12. The van der Waals surface area contributed by atoms with Gasteiger partial charge in [-0.2, -0.15) is 0 Å². The quantitative estimate of drug-likeness (QED) is 0.472. The van der Waals surface area contributed by atoms with Gasteiger partial charge in [-0.3, -0.25) is 4.79 Å². The van der Waals surface area contributed by atoms with Crippen molar-refractivity contribution in [1.82, 2.24) is 0 Å². The second kappa shape index (κ2) is 6.87. The molecule has 3 rings (SSSR count). The molecule has 1 saturated carbocycles. The molecule has 2 heteroatoms. The topological polar surface area (TPSA) is 26.3 Å². The first-order valence-corrected chi connectivity index (χ1v) is 10.1. The number of allylic oxidation sites excluding steroid dienone is 2. The summed E-state index contributed by atoms with van der Waals surface area (Å²) in [4.78, 5) is 13.7. The lowest BCUT2D eigenvalue weighted by atomic mass is 9.48. The summed E-state index contributed by atoms with van der Waals surface area (Å²) >= 11 is 0. The maximum atomic E-state index is 13.7. The summed E-state index contributed by atoms with van der Waals surface area (Å²) in [6.07, 6.45) is 7.98. The van der Waals surface area contributed by atoms with Gasteiger partial charge in [0.2, 0.25) is 0 Å². The Hall–Kier alpha value is -1.57. The molecule has 0 N–H and O–H groups in total. The molecule has 0 unspecified atom stereocenters. The van der Waals surface area contributed by atoms with Crippen molar-refractivity contribution < 1.29 is 9.53 Å². The molecule has 2 aliphatic rings. The molecule has 0 radical (unpaired) electrons. The van der Waals surface area contributed by atoms with Crippen LogP contribution in [0.1, 0.15) is 76.2 Å². The summed E-state index contributed by atoms with van der Waals surface area (Å²) in [5, 5.41) is 0. The van der Waals surface area contributed by atoms with Gasteiger partial charge in [-0.1, -0.05) is 45.8 Å². The van der Waals surface area contributed by atoms with E-state index >= 15 is 0 Å². The number of carbonyl (C=O) groups excluding carboxylic acids is 1. The van der Waals surface area contributed by atoms with Crippen molar-refractivity contribution in [2.24, 2.45) is 22.7 Å². The van der Waals surface area contributed by atoms with E-state index in [1.165, 1.54) is 18.4 Å². The molecular formula is C24H34O2. The number of aryl methyl sites for hydroxylation is 1. The number of fused-ring (bicyclic) bond motifs is 1. The van der Waals surface area contributed by atoms with Crippen LogP contribution >= 0.6 is 0 Å². The molecule has 26 heavy (non-hydrogen) atoms. The van der Waals surface area contributed by atoms with Crippen LogP contribution in [0.3, 0.4) is 0 Å². The van der Waals surface area contributed by atoms with E-state index in [1.807, 2.05) is 12.1 Å². The van der Waals surface area contributed by atoms with Crippen LogP contribution in [0.25, 0.3) is 0 Å². The Kier molecular flexibility index (Phi) is 5.07. The van der Waals surface area contributed by atoms with Gasteiger partial charge in [-0.25, -0.2) is 0 Å². The SMILES string of the molecule is CCc1cc(OC)cc(C(=O)[C@H]2C(C)=CC[C@H]3C(C)(C)CCC[C@]23C)c1. The van der Waals surface area contributed by atoms with Crippen molar-refractivity contribution in [3.63, 3.8) is 0 Å².